The number of guanidine groups is 2. The van der Waals surface area contributed by atoms with E-state index < -0.39 is 52.2 Å². The summed E-state index contributed by atoms with van der Waals surface area (Å²) in [6, 6.07) is 4.01. The highest BCUT2D eigenvalue weighted by Crippen LogP contribution is 2.23. The van der Waals surface area contributed by atoms with Crippen LogP contribution >= 0.6 is 0 Å². The van der Waals surface area contributed by atoms with Crippen LogP contribution in [0.15, 0.2) is 29.3 Å². The lowest BCUT2D eigenvalue weighted by molar-refractivity contribution is -0.128. The Morgan fingerprint density at radius 1 is 1.19 bits per heavy atom. The number of nitrogens with zero attached hydrogens (tertiary/aromatic N) is 2. The lowest BCUT2D eigenvalue weighted by atomic mass is 9.90. The second-order valence-electron chi connectivity index (χ2n) is 10.1. The molecule has 0 aliphatic carbocycles. The van der Waals surface area contributed by atoms with Crippen molar-refractivity contribution in [3.8, 4) is 0 Å². The van der Waals surface area contributed by atoms with E-state index in [1.165, 1.54) is 19.2 Å². The van der Waals surface area contributed by atoms with Crippen molar-refractivity contribution in [2.45, 2.75) is 49.9 Å². The molecule has 1 aromatic rings. The molecular formula is C26H41N9O7S. The molecule has 2 rings (SSSR count). The monoisotopic (exact) mass is 623 g/mol. The number of ether oxygens (including phenoxy) is 1. The van der Waals surface area contributed by atoms with E-state index in [1.54, 1.807) is 17.0 Å². The highest BCUT2D eigenvalue weighted by molar-refractivity contribution is 7.88. The Balaban J connectivity index is 2.10. The van der Waals surface area contributed by atoms with E-state index in [-0.39, 0.29) is 48.4 Å². The van der Waals surface area contributed by atoms with Gasteiger partial charge >= 0.3 is 5.97 Å². The van der Waals surface area contributed by atoms with Crippen molar-refractivity contribution >= 4 is 46.0 Å². The van der Waals surface area contributed by atoms with Crippen LogP contribution in [0.3, 0.4) is 0 Å². The van der Waals surface area contributed by atoms with E-state index in [0.717, 1.165) is 0 Å². The largest absolute Gasteiger partial charge is 0.465 e. The Bertz CT molecular complexity index is 1280. The molecular weight excluding hydrogens is 582 g/mol. The molecule has 1 aliphatic rings. The van der Waals surface area contributed by atoms with Crippen LogP contribution in [0.1, 0.15) is 48.0 Å². The second kappa shape index (κ2) is 17.0. The number of benzene rings is 1. The summed E-state index contributed by atoms with van der Waals surface area (Å²) in [5.41, 5.74) is 16.4. The Morgan fingerprint density at radius 3 is 2.47 bits per heavy atom. The molecule has 2 amide bonds. The van der Waals surface area contributed by atoms with E-state index in [9.17, 15) is 27.6 Å². The number of carbonyl (C=O) groups is 4. The average molecular weight is 624 g/mol. The fourth-order valence-electron chi connectivity index (χ4n) is 4.61. The molecule has 0 saturated carbocycles. The first-order valence-electron chi connectivity index (χ1n) is 13.7. The van der Waals surface area contributed by atoms with Crippen molar-refractivity contribution < 1.29 is 32.3 Å². The number of nitrogens with two attached hydrogens (primary N) is 3. The van der Waals surface area contributed by atoms with E-state index in [1.807, 2.05) is 0 Å². The summed E-state index contributed by atoms with van der Waals surface area (Å²) in [7, 11) is -2.97. The van der Waals surface area contributed by atoms with E-state index in [4.69, 9.17) is 27.3 Å². The standard InChI is InChI=1S/C26H41N9O7S/c1-42-24(39)20-7-3-2-5-18(20)16-43(40,41)34-21(13-17-8-11-35(12-9-17)26(29)30)23(38)32-14-22(37)33-19(15-36)6-4-10-31-25(27)28/h2-3,5,7,15,17,19,21,34H,4,6,8-14,16H2,1H3,(H3,29,30)(H,32,38)(H,33,37)(H4,27,28,31)/t19-,21+/m0/s1. The molecule has 0 radical (unpaired) electrons. The predicted molar refractivity (Wildman–Crippen MR) is 159 cm³/mol. The van der Waals surface area contributed by atoms with Gasteiger partial charge in [0.15, 0.2) is 11.9 Å². The molecule has 43 heavy (non-hydrogen) atoms. The van der Waals surface area contributed by atoms with Gasteiger partial charge in [0.1, 0.15) is 12.3 Å². The van der Waals surface area contributed by atoms with Crippen LogP contribution in [-0.2, 0) is 34.9 Å². The van der Waals surface area contributed by atoms with Crippen LogP contribution < -0.4 is 32.6 Å². The molecule has 0 aromatic heterocycles. The van der Waals surface area contributed by atoms with Crippen molar-refractivity contribution in [2.24, 2.45) is 28.1 Å². The summed E-state index contributed by atoms with van der Waals surface area (Å²) < 4.78 is 33.6. The van der Waals surface area contributed by atoms with Gasteiger partial charge in [0.25, 0.3) is 0 Å². The number of piperidine rings is 1. The minimum absolute atomic E-state index is 0.0615. The molecule has 2 atom stereocenters. The van der Waals surface area contributed by atoms with Gasteiger partial charge in [-0.2, -0.15) is 0 Å². The van der Waals surface area contributed by atoms with Crippen molar-refractivity contribution in [3.05, 3.63) is 35.4 Å². The minimum atomic E-state index is -4.16. The quantitative estimate of drug-likeness (QED) is 0.0352. The van der Waals surface area contributed by atoms with Gasteiger partial charge in [0.05, 0.1) is 31.0 Å². The molecule has 0 unspecified atom stereocenters. The number of hydrogen-bond acceptors (Lipinski definition) is 9. The first-order chi connectivity index (χ1) is 20.3. The zero-order chi connectivity index (χ0) is 32.0. The van der Waals surface area contributed by atoms with Gasteiger partial charge in [0, 0.05) is 19.6 Å². The zero-order valence-electron chi connectivity index (χ0n) is 24.1. The summed E-state index contributed by atoms with van der Waals surface area (Å²) in [4.78, 5) is 54.7. The van der Waals surface area contributed by atoms with Gasteiger partial charge in [-0.15, -0.1) is 0 Å². The van der Waals surface area contributed by atoms with Gasteiger partial charge < -0.3 is 42.3 Å². The maximum absolute atomic E-state index is 13.2. The number of carbonyl (C=O) groups excluding carboxylic acids is 4. The fourth-order valence-corrected chi connectivity index (χ4v) is 5.99. The Hall–Kier alpha value is -4.25. The number of aliphatic imine (C=N–C) groups is 1. The summed E-state index contributed by atoms with van der Waals surface area (Å²) >= 11 is 0. The van der Waals surface area contributed by atoms with E-state index in [0.29, 0.717) is 38.6 Å². The smallest absolute Gasteiger partial charge is 0.338 e. The van der Waals surface area contributed by atoms with Gasteiger partial charge in [0.2, 0.25) is 21.8 Å². The summed E-state index contributed by atoms with van der Waals surface area (Å²) in [5.74, 6) is -2.89. The third-order valence-electron chi connectivity index (χ3n) is 6.83. The third-order valence-corrected chi connectivity index (χ3v) is 8.17. The SMILES string of the molecule is COC(=O)c1ccccc1CS(=O)(=O)N[C@H](CC1CCN(C(=N)N)CC1)C(=O)NCC(=O)N[C@H](C=O)CCCN=C(N)N. The number of hydrogen-bond donors (Lipinski definition) is 7. The number of esters is 1. The highest BCUT2D eigenvalue weighted by Gasteiger charge is 2.31. The molecule has 1 aliphatic heterocycles. The number of methoxy groups -OCH3 is 1. The molecule has 1 fully saturated rings. The van der Waals surface area contributed by atoms with Crippen LogP contribution in [0.2, 0.25) is 0 Å². The van der Waals surface area contributed by atoms with Crippen molar-refractivity contribution in [1.82, 2.24) is 20.3 Å². The molecule has 1 heterocycles. The maximum atomic E-state index is 13.2. The summed E-state index contributed by atoms with van der Waals surface area (Å²) in [5, 5.41) is 12.6. The number of amides is 2. The Morgan fingerprint density at radius 2 is 1.86 bits per heavy atom. The molecule has 0 spiro atoms. The first kappa shape index (κ1) is 34.9. The zero-order valence-corrected chi connectivity index (χ0v) is 24.9. The van der Waals surface area contributed by atoms with E-state index >= 15 is 0 Å². The number of sulfonamides is 1. The summed E-state index contributed by atoms with van der Waals surface area (Å²) in [6.07, 6.45) is 2.52. The van der Waals surface area contributed by atoms with Crippen LogP contribution in [0.5, 0.6) is 0 Å². The predicted octanol–water partition coefficient (Wildman–Crippen LogP) is -1.89. The number of nitrogens with one attached hydrogen (secondary N) is 4. The topological polar surface area (TPSA) is 265 Å². The van der Waals surface area contributed by atoms with Crippen molar-refractivity contribution in [1.29, 1.82) is 5.41 Å². The molecule has 16 nitrogen and oxygen atoms in total. The van der Waals surface area contributed by atoms with Gasteiger partial charge in [-0.3, -0.25) is 20.0 Å². The molecule has 10 N–H and O–H groups in total. The van der Waals surface area contributed by atoms with Crippen LogP contribution in [0, 0.1) is 11.3 Å². The lowest BCUT2D eigenvalue weighted by Crippen LogP contribution is -2.51. The van der Waals surface area contributed by atoms with Crippen LogP contribution in [0.25, 0.3) is 0 Å². The maximum Gasteiger partial charge on any atom is 0.338 e. The third kappa shape index (κ3) is 12.3. The van der Waals surface area contributed by atoms with Gasteiger partial charge in [-0.1, -0.05) is 18.2 Å². The molecule has 1 saturated heterocycles. The number of aldehydes is 1. The lowest BCUT2D eigenvalue weighted by Gasteiger charge is -2.33. The van der Waals surface area contributed by atoms with Gasteiger partial charge in [-0.05, 0) is 49.7 Å². The molecule has 238 valence electrons. The van der Waals surface area contributed by atoms with Crippen molar-refractivity contribution in [2.75, 3.05) is 33.3 Å². The van der Waals surface area contributed by atoms with Gasteiger partial charge in [-0.25, -0.2) is 17.9 Å². The minimum Gasteiger partial charge on any atom is -0.465 e. The highest BCUT2D eigenvalue weighted by atomic mass is 32.2. The second-order valence-corrected chi connectivity index (χ2v) is 11.9. The summed E-state index contributed by atoms with van der Waals surface area (Å²) in [6.45, 7) is 0.734. The fraction of sp³-hybridized carbons (Fsp3) is 0.538. The Kier molecular flexibility index (Phi) is 13.8. The number of rotatable bonds is 16. The first-order valence-corrected chi connectivity index (χ1v) is 15.3. The molecule has 17 heteroatoms. The van der Waals surface area contributed by atoms with Crippen LogP contribution in [0.4, 0.5) is 0 Å². The molecule has 0 bridgehead atoms. The van der Waals surface area contributed by atoms with Crippen molar-refractivity contribution in [3.63, 3.8) is 0 Å². The average Bonchev–Trinajstić information content (AvgIpc) is 2.96. The number of likely N-dealkylation sites (tertiary alicyclic amines) is 1. The van der Waals surface area contributed by atoms with Crippen LogP contribution in [-0.4, -0.2) is 94.7 Å². The molecule has 1 aromatic carbocycles. The normalized spacial score (nSPS) is 15.0. The van der Waals surface area contributed by atoms with E-state index in [2.05, 4.69) is 20.3 Å². The Labute approximate surface area is 250 Å².